The van der Waals surface area contributed by atoms with Crippen molar-refractivity contribution < 1.29 is 31.3 Å². The normalized spacial score (nSPS) is 11.9. The molecule has 0 spiro atoms. The third kappa shape index (κ3) is 6.98. The van der Waals surface area contributed by atoms with Gasteiger partial charge in [-0.25, -0.2) is 19.9 Å². The van der Waals surface area contributed by atoms with Crippen LogP contribution in [0.2, 0.25) is 15.7 Å². The van der Waals surface area contributed by atoms with E-state index in [1.807, 2.05) is 0 Å². The molecule has 40 heavy (non-hydrogen) atoms. The van der Waals surface area contributed by atoms with E-state index in [0.29, 0.717) is 28.2 Å². The van der Waals surface area contributed by atoms with E-state index in [4.69, 9.17) is 34.8 Å². The molecule has 1 N–H and O–H groups in total. The van der Waals surface area contributed by atoms with Crippen molar-refractivity contribution in [2.24, 2.45) is 0 Å². The fourth-order valence-electron chi connectivity index (χ4n) is 3.14. The van der Waals surface area contributed by atoms with Crippen LogP contribution in [0.1, 0.15) is 15.3 Å². The molecule has 0 aliphatic rings. The molecule has 0 saturated heterocycles. The summed E-state index contributed by atoms with van der Waals surface area (Å²) in [5.74, 6) is 0.133. The summed E-state index contributed by atoms with van der Waals surface area (Å²) in [7, 11) is 0. The minimum absolute atomic E-state index is 0.0725. The summed E-state index contributed by atoms with van der Waals surface area (Å²) in [4.78, 5) is 23.9. The van der Waals surface area contributed by atoms with E-state index >= 15 is 0 Å². The quantitative estimate of drug-likeness (QED) is 0.0674. The van der Waals surface area contributed by atoms with E-state index < -0.39 is 27.0 Å². The number of thiophene rings is 2. The van der Waals surface area contributed by atoms with Gasteiger partial charge in [-0.05, 0) is 40.9 Å². The SMILES string of the molecule is FC(F)(F)c1cc2c(Cl)nc(Cl)nc2s1.O=[N+]([O-])c1cccc(CNc2nc(Cl)nc3sc(C(F)(F)F)cc23)c1. The Kier molecular flexibility index (Phi) is 8.56. The van der Waals surface area contributed by atoms with Gasteiger partial charge in [0.2, 0.25) is 10.6 Å². The summed E-state index contributed by atoms with van der Waals surface area (Å²) >= 11 is 17.8. The van der Waals surface area contributed by atoms with E-state index in [1.165, 1.54) is 18.2 Å². The molecule has 0 amide bonds. The van der Waals surface area contributed by atoms with Crippen molar-refractivity contribution in [2.75, 3.05) is 5.32 Å². The smallest absolute Gasteiger partial charge is 0.365 e. The van der Waals surface area contributed by atoms with Crippen LogP contribution in [0.3, 0.4) is 0 Å². The number of rotatable bonds is 4. The third-order valence-electron chi connectivity index (χ3n) is 4.82. The molecule has 0 saturated carbocycles. The summed E-state index contributed by atoms with van der Waals surface area (Å²) in [5, 5.41) is 13.6. The van der Waals surface area contributed by atoms with Gasteiger partial charge in [0, 0.05) is 24.1 Å². The first kappa shape index (κ1) is 29.9. The molecule has 0 atom stereocenters. The molecule has 5 aromatic rings. The number of nitrogens with zero attached hydrogens (tertiary/aromatic N) is 5. The van der Waals surface area contributed by atoms with E-state index in [-0.39, 0.29) is 54.2 Å². The Bertz CT molecular complexity index is 1730. The zero-order chi connectivity index (χ0) is 29.4. The number of nitrogens with one attached hydrogen (secondary N) is 1. The molecule has 19 heteroatoms. The maximum Gasteiger partial charge on any atom is 0.425 e. The molecule has 0 aliphatic carbocycles. The lowest BCUT2D eigenvalue weighted by Gasteiger charge is -2.07. The molecular formula is C21H9Cl3F6N6O2S2. The van der Waals surface area contributed by atoms with Crippen LogP contribution in [0.5, 0.6) is 0 Å². The fourth-order valence-corrected chi connectivity index (χ4v) is 5.70. The van der Waals surface area contributed by atoms with Crippen LogP contribution < -0.4 is 5.32 Å². The molecule has 0 unspecified atom stereocenters. The van der Waals surface area contributed by atoms with Gasteiger partial charge < -0.3 is 5.32 Å². The Labute approximate surface area is 241 Å². The highest BCUT2D eigenvalue weighted by molar-refractivity contribution is 7.19. The van der Waals surface area contributed by atoms with E-state index in [0.717, 1.165) is 12.1 Å². The molecule has 0 radical (unpaired) electrons. The van der Waals surface area contributed by atoms with Gasteiger partial charge in [0.25, 0.3) is 5.69 Å². The average Bonchev–Trinajstić information content (AvgIpc) is 3.48. The second-order valence-corrected chi connectivity index (χ2v) is 10.7. The summed E-state index contributed by atoms with van der Waals surface area (Å²) in [5.41, 5.74) is 0.489. The number of non-ortho nitro benzene ring substituents is 1. The van der Waals surface area contributed by atoms with Crippen molar-refractivity contribution in [2.45, 2.75) is 18.9 Å². The van der Waals surface area contributed by atoms with Crippen molar-refractivity contribution in [1.29, 1.82) is 0 Å². The Morgan fingerprint density at radius 1 is 0.825 bits per heavy atom. The highest BCUT2D eigenvalue weighted by Crippen LogP contribution is 2.40. The van der Waals surface area contributed by atoms with Crippen LogP contribution in [-0.4, -0.2) is 24.9 Å². The lowest BCUT2D eigenvalue weighted by atomic mass is 10.2. The number of aromatic nitrogens is 4. The number of halogens is 9. The van der Waals surface area contributed by atoms with Gasteiger partial charge >= 0.3 is 12.4 Å². The van der Waals surface area contributed by atoms with Crippen LogP contribution in [0.25, 0.3) is 20.4 Å². The number of fused-ring (bicyclic) bond motifs is 2. The summed E-state index contributed by atoms with van der Waals surface area (Å²) in [6.07, 6.45) is -8.89. The Balaban J connectivity index is 0.000000210. The molecule has 1 aromatic carbocycles. The lowest BCUT2D eigenvalue weighted by molar-refractivity contribution is -0.384. The minimum Gasteiger partial charge on any atom is -0.365 e. The standard InChI is InChI=1S/C14H8ClF3N4O2S.C7HCl2F3N2S/c15-13-20-11(9-5-10(14(16,17)18)25-12(9)21-13)19-6-7-2-1-3-8(4-7)22(23)24;8-4-2-1-3(7(10,11)12)15-5(2)14-6(9)13-4/h1-5H,6H2,(H,19,20,21);1H. The molecule has 8 nitrogen and oxygen atoms in total. The Morgan fingerprint density at radius 2 is 1.38 bits per heavy atom. The fraction of sp³-hybridized carbons (Fsp3) is 0.143. The van der Waals surface area contributed by atoms with Crippen LogP contribution >= 0.6 is 57.5 Å². The van der Waals surface area contributed by atoms with Crippen LogP contribution in [0.4, 0.5) is 37.8 Å². The molecule has 0 fully saturated rings. The number of anilines is 1. The van der Waals surface area contributed by atoms with E-state index in [1.54, 1.807) is 6.07 Å². The highest BCUT2D eigenvalue weighted by Gasteiger charge is 2.34. The molecule has 5 rings (SSSR count). The largest absolute Gasteiger partial charge is 0.425 e. The zero-order valence-corrected chi connectivity index (χ0v) is 22.8. The lowest BCUT2D eigenvalue weighted by Crippen LogP contribution is -2.03. The van der Waals surface area contributed by atoms with Crippen LogP contribution in [0.15, 0.2) is 36.4 Å². The Morgan fingerprint density at radius 3 is 1.95 bits per heavy atom. The number of hydrogen-bond acceptors (Lipinski definition) is 9. The number of alkyl halides is 6. The van der Waals surface area contributed by atoms with Gasteiger partial charge in [-0.1, -0.05) is 23.7 Å². The predicted octanol–water partition coefficient (Wildman–Crippen LogP) is 8.90. The molecule has 0 aliphatic heterocycles. The first-order valence-corrected chi connectivity index (χ1v) is 13.1. The van der Waals surface area contributed by atoms with E-state index in [2.05, 4.69) is 25.3 Å². The monoisotopic (exact) mass is 660 g/mol. The number of nitro benzene ring substituents is 1. The van der Waals surface area contributed by atoms with E-state index in [9.17, 15) is 36.5 Å². The molecule has 0 bridgehead atoms. The van der Waals surface area contributed by atoms with Crippen molar-refractivity contribution in [3.05, 3.63) is 77.6 Å². The van der Waals surface area contributed by atoms with Gasteiger partial charge in [0.05, 0.1) is 10.3 Å². The second-order valence-electron chi connectivity index (χ2n) is 7.56. The third-order valence-corrected chi connectivity index (χ3v) is 7.60. The maximum atomic E-state index is 12.9. The van der Waals surface area contributed by atoms with Crippen molar-refractivity contribution in [3.8, 4) is 0 Å². The number of hydrogen-bond donors (Lipinski definition) is 1. The molecule has 4 heterocycles. The van der Waals surface area contributed by atoms with Gasteiger partial charge in [0.15, 0.2) is 0 Å². The first-order chi connectivity index (χ1) is 18.6. The van der Waals surface area contributed by atoms with Gasteiger partial charge in [-0.2, -0.15) is 26.3 Å². The predicted molar refractivity (Wildman–Crippen MR) is 140 cm³/mol. The highest BCUT2D eigenvalue weighted by atomic mass is 35.5. The Hall–Kier alpha value is -3.05. The summed E-state index contributed by atoms with van der Waals surface area (Å²) in [6, 6.07) is 7.74. The van der Waals surface area contributed by atoms with Crippen molar-refractivity contribution >= 4 is 89.4 Å². The second kappa shape index (κ2) is 11.4. The number of benzene rings is 1. The minimum atomic E-state index is -4.49. The van der Waals surface area contributed by atoms with Gasteiger partial charge in [-0.3, -0.25) is 10.1 Å². The first-order valence-electron chi connectivity index (χ1n) is 10.3. The molecule has 4 aromatic heterocycles. The average molecular weight is 662 g/mol. The van der Waals surface area contributed by atoms with Crippen molar-refractivity contribution in [1.82, 2.24) is 19.9 Å². The molecular weight excluding hydrogens is 653 g/mol. The topological polar surface area (TPSA) is 107 Å². The summed E-state index contributed by atoms with van der Waals surface area (Å²) in [6.45, 7) is 0.126. The number of nitro groups is 1. The van der Waals surface area contributed by atoms with Crippen molar-refractivity contribution in [3.63, 3.8) is 0 Å². The van der Waals surface area contributed by atoms with Crippen LogP contribution in [-0.2, 0) is 18.9 Å². The van der Waals surface area contributed by atoms with Gasteiger partial charge in [0.1, 0.15) is 30.4 Å². The van der Waals surface area contributed by atoms with Crippen LogP contribution in [0, 0.1) is 10.1 Å². The van der Waals surface area contributed by atoms with Gasteiger partial charge in [-0.15, -0.1) is 22.7 Å². The summed E-state index contributed by atoms with van der Waals surface area (Å²) < 4.78 is 75.7. The molecule has 210 valence electrons. The zero-order valence-electron chi connectivity index (χ0n) is 18.9. The maximum absolute atomic E-state index is 12.9.